The van der Waals surface area contributed by atoms with Gasteiger partial charge in [-0.15, -0.1) is 0 Å². The summed E-state index contributed by atoms with van der Waals surface area (Å²) in [6.07, 6.45) is 1.38. The van der Waals surface area contributed by atoms with Gasteiger partial charge < -0.3 is 10.3 Å². The monoisotopic (exact) mass is 378 g/mol. The standard InChI is InChI=1S/C11H12BrFN4O3S/c12-8-3-7(5-14)11(13)9(4-8)21(18,19)16-2-1-10-15-6-20-17-10/h3-4,6,16H,1-2,5,14H2. The van der Waals surface area contributed by atoms with Crippen LogP contribution >= 0.6 is 15.9 Å². The van der Waals surface area contributed by atoms with Crippen molar-refractivity contribution in [3.63, 3.8) is 0 Å². The number of nitrogens with one attached hydrogen (secondary N) is 1. The average Bonchev–Trinajstić information content (AvgIpc) is 2.93. The van der Waals surface area contributed by atoms with Crippen LogP contribution < -0.4 is 10.5 Å². The molecule has 0 spiro atoms. The molecule has 7 nitrogen and oxygen atoms in total. The van der Waals surface area contributed by atoms with Crippen LogP contribution in [0.15, 0.2) is 32.4 Å². The van der Waals surface area contributed by atoms with Crippen LogP contribution in [0.1, 0.15) is 11.4 Å². The summed E-state index contributed by atoms with van der Waals surface area (Å²) in [5.41, 5.74) is 5.51. The molecule has 1 aromatic carbocycles. The molecule has 0 saturated carbocycles. The van der Waals surface area contributed by atoms with Crippen LogP contribution in [0.4, 0.5) is 4.39 Å². The zero-order chi connectivity index (χ0) is 15.5. The van der Waals surface area contributed by atoms with E-state index >= 15 is 0 Å². The maximum Gasteiger partial charge on any atom is 0.243 e. The summed E-state index contributed by atoms with van der Waals surface area (Å²) in [5, 5.41) is 3.55. The van der Waals surface area contributed by atoms with Gasteiger partial charge in [0.1, 0.15) is 10.7 Å². The van der Waals surface area contributed by atoms with Gasteiger partial charge in [0, 0.05) is 29.5 Å². The molecule has 0 aliphatic heterocycles. The second-order valence-electron chi connectivity index (χ2n) is 4.08. The maximum atomic E-state index is 14.1. The van der Waals surface area contributed by atoms with Gasteiger partial charge in [-0.1, -0.05) is 21.1 Å². The van der Waals surface area contributed by atoms with Crippen molar-refractivity contribution >= 4 is 26.0 Å². The van der Waals surface area contributed by atoms with Crippen molar-refractivity contribution in [1.82, 2.24) is 14.9 Å². The summed E-state index contributed by atoms with van der Waals surface area (Å²) < 4.78 is 45.6. The minimum atomic E-state index is -4.00. The van der Waals surface area contributed by atoms with Crippen molar-refractivity contribution in [2.75, 3.05) is 6.54 Å². The third-order valence-electron chi connectivity index (χ3n) is 2.64. The molecule has 0 saturated heterocycles. The first kappa shape index (κ1) is 16.0. The number of aromatic nitrogens is 2. The summed E-state index contributed by atoms with van der Waals surface area (Å²) in [7, 11) is -4.00. The average molecular weight is 379 g/mol. The van der Waals surface area contributed by atoms with Gasteiger partial charge in [-0.3, -0.25) is 0 Å². The molecule has 10 heteroatoms. The quantitative estimate of drug-likeness (QED) is 0.773. The van der Waals surface area contributed by atoms with E-state index in [-0.39, 0.29) is 25.1 Å². The van der Waals surface area contributed by atoms with Gasteiger partial charge in [-0.25, -0.2) is 17.5 Å². The van der Waals surface area contributed by atoms with Crippen molar-refractivity contribution < 1.29 is 17.3 Å². The van der Waals surface area contributed by atoms with E-state index < -0.39 is 20.7 Å². The first-order valence-corrected chi connectivity index (χ1v) is 8.14. The Morgan fingerprint density at radius 2 is 2.19 bits per heavy atom. The molecule has 3 N–H and O–H groups in total. The maximum absolute atomic E-state index is 14.1. The molecule has 0 bridgehead atoms. The van der Waals surface area contributed by atoms with E-state index in [9.17, 15) is 12.8 Å². The number of nitrogens with two attached hydrogens (primary N) is 1. The van der Waals surface area contributed by atoms with E-state index in [2.05, 4.69) is 35.3 Å². The third kappa shape index (κ3) is 3.84. The summed E-state index contributed by atoms with van der Waals surface area (Å²) >= 11 is 3.13. The number of benzene rings is 1. The van der Waals surface area contributed by atoms with Crippen molar-refractivity contribution in [3.8, 4) is 0 Å². The predicted molar refractivity (Wildman–Crippen MR) is 75.2 cm³/mol. The fourth-order valence-electron chi connectivity index (χ4n) is 1.64. The molecule has 21 heavy (non-hydrogen) atoms. The fourth-order valence-corrected chi connectivity index (χ4v) is 3.47. The van der Waals surface area contributed by atoms with Crippen LogP contribution in [0, 0.1) is 5.82 Å². The molecule has 0 aliphatic rings. The van der Waals surface area contributed by atoms with E-state index in [1.807, 2.05) is 0 Å². The van der Waals surface area contributed by atoms with Crippen LogP contribution in [0.5, 0.6) is 0 Å². The topological polar surface area (TPSA) is 111 Å². The highest BCUT2D eigenvalue weighted by atomic mass is 79.9. The van der Waals surface area contributed by atoms with Gasteiger partial charge in [0.2, 0.25) is 16.4 Å². The lowest BCUT2D eigenvalue weighted by Crippen LogP contribution is -2.27. The Bertz CT molecular complexity index is 721. The Labute approximate surface area is 128 Å². The van der Waals surface area contributed by atoms with Crippen LogP contribution in [0.25, 0.3) is 0 Å². The van der Waals surface area contributed by atoms with Gasteiger partial charge in [0.25, 0.3) is 0 Å². The predicted octanol–water partition coefficient (Wildman–Crippen LogP) is 0.951. The smallest absolute Gasteiger partial charge is 0.243 e. The zero-order valence-corrected chi connectivity index (χ0v) is 13.1. The lowest BCUT2D eigenvalue weighted by molar-refractivity contribution is 0.409. The number of hydrogen-bond donors (Lipinski definition) is 2. The Kier molecular flexibility index (Phi) is 5.04. The highest BCUT2D eigenvalue weighted by Crippen LogP contribution is 2.23. The minimum Gasteiger partial charge on any atom is -0.343 e. The first-order valence-electron chi connectivity index (χ1n) is 5.87. The fraction of sp³-hybridized carbons (Fsp3) is 0.273. The number of halogens is 2. The molecule has 1 aromatic heterocycles. The molecule has 2 aromatic rings. The summed E-state index contributed by atoms with van der Waals surface area (Å²) in [6.45, 7) is -0.0809. The lowest BCUT2D eigenvalue weighted by Gasteiger charge is -2.10. The van der Waals surface area contributed by atoms with Crippen LogP contribution in [-0.2, 0) is 23.0 Å². The molecule has 1 heterocycles. The highest BCUT2D eigenvalue weighted by molar-refractivity contribution is 9.10. The summed E-state index contributed by atoms with van der Waals surface area (Å²) in [6, 6.07) is 2.62. The van der Waals surface area contributed by atoms with Crippen molar-refractivity contribution in [2.24, 2.45) is 5.73 Å². The second kappa shape index (κ2) is 6.60. The van der Waals surface area contributed by atoms with E-state index in [4.69, 9.17) is 5.73 Å². The summed E-state index contributed by atoms with van der Waals surface area (Å²) in [4.78, 5) is 3.30. The zero-order valence-electron chi connectivity index (χ0n) is 10.7. The largest absolute Gasteiger partial charge is 0.343 e. The minimum absolute atomic E-state index is 0.0196. The van der Waals surface area contributed by atoms with Gasteiger partial charge in [0.05, 0.1) is 0 Å². The van der Waals surface area contributed by atoms with Crippen LogP contribution in [0.3, 0.4) is 0 Å². The third-order valence-corrected chi connectivity index (χ3v) is 4.55. The first-order chi connectivity index (χ1) is 9.94. The molecular formula is C11H12BrFN4O3S. The number of rotatable bonds is 6. The van der Waals surface area contributed by atoms with E-state index in [1.54, 1.807) is 0 Å². The molecule has 0 radical (unpaired) electrons. The lowest BCUT2D eigenvalue weighted by atomic mass is 10.2. The van der Waals surface area contributed by atoms with Gasteiger partial charge in [-0.2, -0.15) is 4.98 Å². The SMILES string of the molecule is NCc1cc(Br)cc(S(=O)(=O)NCCc2ncon2)c1F. The molecule has 0 amide bonds. The molecular weight excluding hydrogens is 367 g/mol. The Morgan fingerprint density at radius 3 is 2.81 bits per heavy atom. The number of nitrogens with zero attached hydrogens (tertiary/aromatic N) is 2. The van der Waals surface area contributed by atoms with Crippen LogP contribution in [-0.4, -0.2) is 25.1 Å². The second-order valence-corrected chi connectivity index (χ2v) is 6.73. The van der Waals surface area contributed by atoms with E-state index in [0.29, 0.717) is 10.3 Å². The Morgan fingerprint density at radius 1 is 1.43 bits per heavy atom. The van der Waals surface area contributed by atoms with Crippen molar-refractivity contribution in [1.29, 1.82) is 0 Å². The van der Waals surface area contributed by atoms with E-state index in [0.717, 1.165) is 6.39 Å². The Hall–Kier alpha value is -1.36. The normalized spacial score (nSPS) is 11.8. The van der Waals surface area contributed by atoms with E-state index in [1.165, 1.54) is 12.1 Å². The highest BCUT2D eigenvalue weighted by Gasteiger charge is 2.21. The molecule has 0 unspecified atom stereocenters. The van der Waals surface area contributed by atoms with Gasteiger partial charge in [0.15, 0.2) is 5.82 Å². The van der Waals surface area contributed by atoms with Gasteiger partial charge in [-0.05, 0) is 12.1 Å². The molecule has 0 aliphatic carbocycles. The number of sulfonamides is 1. The molecule has 0 atom stereocenters. The Balaban J connectivity index is 2.17. The summed E-state index contributed by atoms with van der Waals surface area (Å²) in [5.74, 6) is -0.497. The molecule has 0 fully saturated rings. The molecule has 2 rings (SSSR count). The number of hydrogen-bond acceptors (Lipinski definition) is 6. The molecule has 114 valence electrons. The van der Waals surface area contributed by atoms with Crippen LogP contribution in [0.2, 0.25) is 0 Å². The van der Waals surface area contributed by atoms with Crippen molar-refractivity contribution in [2.45, 2.75) is 17.9 Å². The van der Waals surface area contributed by atoms with Crippen molar-refractivity contribution in [3.05, 3.63) is 40.2 Å². The van der Waals surface area contributed by atoms with Gasteiger partial charge >= 0.3 is 0 Å².